The molecule has 3 N–H and O–H groups in total. The molecule has 0 bridgehead atoms. The van der Waals surface area contributed by atoms with Gasteiger partial charge in [0.15, 0.2) is 0 Å². The van der Waals surface area contributed by atoms with Crippen molar-refractivity contribution >= 4 is 17.4 Å². The number of nitrogens with one attached hydrogen (secondary N) is 1. The summed E-state index contributed by atoms with van der Waals surface area (Å²) in [5.74, 6) is 0.398. The van der Waals surface area contributed by atoms with Crippen LogP contribution in [0.25, 0.3) is 0 Å². The Kier molecular flexibility index (Phi) is 2.59. The number of hydrogen-bond acceptors (Lipinski definition) is 3. The van der Waals surface area contributed by atoms with Gasteiger partial charge < -0.3 is 11.1 Å². The number of nitrogens with two attached hydrogens (primary N) is 1. The molecule has 0 unspecified atom stereocenters. The molecule has 16 heavy (non-hydrogen) atoms. The molecule has 1 amide bonds. The number of amides is 1. The zero-order chi connectivity index (χ0) is 11.5. The van der Waals surface area contributed by atoms with Gasteiger partial charge in [-0.05, 0) is 12.1 Å². The van der Waals surface area contributed by atoms with Crippen LogP contribution in [0.5, 0.6) is 0 Å². The van der Waals surface area contributed by atoms with Gasteiger partial charge in [-0.15, -0.1) is 0 Å². The van der Waals surface area contributed by atoms with E-state index in [1.54, 1.807) is 48.3 Å². The van der Waals surface area contributed by atoms with Gasteiger partial charge in [-0.2, -0.15) is 5.10 Å². The monoisotopic (exact) mass is 216 g/mol. The minimum absolute atomic E-state index is 0.235. The maximum Gasteiger partial charge on any atom is 0.258 e. The van der Waals surface area contributed by atoms with Crippen molar-refractivity contribution in [1.29, 1.82) is 0 Å². The highest BCUT2D eigenvalue weighted by Crippen LogP contribution is 2.13. The van der Waals surface area contributed by atoms with Crippen LogP contribution in [0.3, 0.4) is 0 Å². The first-order valence-electron chi connectivity index (χ1n) is 4.82. The molecule has 0 atom stereocenters. The Morgan fingerprint density at radius 1 is 1.38 bits per heavy atom. The Labute approximate surface area is 92.9 Å². The van der Waals surface area contributed by atoms with Crippen LogP contribution >= 0.6 is 0 Å². The quantitative estimate of drug-likeness (QED) is 0.742. The van der Waals surface area contributed by atoms with Crippen molar-refractivity contribution < 1.29 is 4.79 Å². The molecule has 0 aliphatic rings. The van der Waals surface area contributed by atoms with Crippen LogP contribution in [0, 0.1) is 0 Å². The second kappa shape index (κ2) is 4.06. The van der Waals surface area contributed by atoms with Crippen molar-refractivity contribution in [3.05, 3.63) is 42.1 Å². The number of benzene rings is 1. The van der Waals surface area contributed by atoms with Crippen LogP contribution in [0.1, 0.15) is 10.4 Å². The molecule has 1 aromatic carbocycles. The van der Waals surface area contributed by atoms with Gasteiger partial charge in [-0.25, -0.2) is 0 Å². The first-order chi connectivity index (χ1) is 7.68. The number of nitrogens with zero attached hydrogens (tertiary/aromatic N) is 2. The van der Waals surface area contributed by atoms with Crippen molar-refractivity contribution in [3.63, 3.8) is 0 Å². The molecule has 5 heteroatoms. The van der Waals surface area contributed by atoms with Crippen LogP contribution in [-0.2, 0) is 7.05 Å². The van der Waals surface area contributed by atoms with Crippen LogP contribution < -0.4 is 11.1 Å². The number of anilines is 2. The van der Waals surface area contributed by atoms with Crippen molar-refractivity contribution in [2.45, 2.75) is 0 Å². The number of carbonyl (C=O) groups is 1. The van der Waals surface area contributed by atoms with E-state index < -0.39 is 0 Å². The number of hydrogen-bond donors (Lipinski definition) is 2. The fourth-order valence-corrected chi connectivity index (χ4v) is 1.38. The Bertz CT molecular complexity index is 518. The summed E-state index contributed by atoms with van der Waals surface area (Å²) >= 11 is 0. The molecule has 1 heterocycles. The number of aromatic nitrogens is 2. The molecular formula is C11H12N4O. The van der Waals surface area contributed by atoms with E-state index in [2.05, 4.69) is 10.4 Å². The fraction of sp³-hybridized carbons (Fsp3) is 0.0909. The molecule has 82 valence electrons. The number of nitrogen functional groups attached to an aromatic ring is 1. The Hall–Kier alpha value is -2.30. The predicted molar refractivity (Wildman–Crippen MR) is 62.0 cm³/mol. The third kappa shape index (κ3) is 1.88. The van der Waals surface area contributed by atoms with Crippen molar-refractivity contribution in [2.75, 3.05) is 11.1 Å². The molecule has 0 aliphatic carbocycles. The standard InChI is InChI=1S/C11H12N4O/c1-15-10(6-7-13-15)14-11(16)8-4-2-3-5-9(8)12/h2-7H,12H2,1H3,(H,14,16). The summed E-state index contributed by atoms with van der Waals surface area (Å²) in [5, 5.41) is 6.69. The second-order valence-corrected chi connectivity index (χ2v) is 3.38. The van der Waals surface area contributed by atoms with E-state index in [0.717, 1.165) is 0 Å². The molecule has 0 radical (unpaired) electrons. The third-order valence-electron chi connectivity index (χ3n) is 2.27. The van der Waals surface area contributed by atoms with E-state index in [1.165, 1.54) is 0 Å². The topological polar surface area (TPSA) is 72.9 Å². The Balaban J connectivity index is 2.22. The number of para-hydroxylation sites is 1. The zero-order valence-electron chi connectivity index (χ0n) is 8.84. The predicted octanol–water partition coefficient (Wildman–Crippen LogP) is 1.25. The smallest absolute Gasteiger partial charge is 0.258 e. The molecular weight excluding hydrogens is 204 g/mol. The summed E-state index contributed by atoms with van der Waals surface area (Å²) < 4.78 is 1.58. The van der Waals surface area contributed by atoms with E-state index in [9.17, 15) is 4.79 Å². The Morgan fingerprint density at radius 3 is 2.75 bits per heavy atom. The first kappa shape index (κ1) is 10.2. The summed E-state index contributed by atoms with van der Waals surface area (Å²) in [5.41, 5.74) is 6.63. The molecule has 0 spiro atoms. The number of carbonyl (C=O) groups excluding carboxylic acids is 1. The van der Waals surface area contributed by atoms with Crippen LogP contribution in [0.4, 0.5) is 11.5 Å². The SMILES string of the molecule is Cn1nccc1NC(=O)c1ccccc1N. The van der Waals surface area contributed by atoms with Crippen molar-refractivity contribution in [2.24, 2.45) is 7.05 Å². The lowest BCUT2D eigenvalue weighted by atomic mass is 10.2. The van der Waals surface area contributed by atoms with Gasteiger partial charge in [0.1, 0.15) is 5.82 Å². The highest BCUT2D eigenvalue weighted by Gasteiger charge is 2.10. The van der Waals surface area contributed by atoms with E-state index in [-0.39, 0.29) is 5.91 Å². The van der Waals surface area contributed by atoms with E-state index in [0.29, 0.717) is 17.1 Å². The molecule has 0 fully saturated rings. The van der Waals surface area contributed by atoms with Gasteiger partial charge in [0.25, 0.3) is 5.91 Å². The van der Waals surface area contributed by atoms with Gasteiger partial charge in [0.2, 0.25) is 0 Å². The third-order valence-corrected chi connectivity index (χ3v) is 2.27. The maximum absolute atomic E-state index is 11.9. The van der Waals surface area contributed by atoms with Crippen LogP contribution in [0.2, 0.25) is 0 Å². The summed E-state index contributed by atoms with van der Waals surface area (Å²) in [6, 6.07) is 8.65. The second-order valence-electron chi connectivity index (χ2n) is 3.38. The first-order valence-corrected chi connectivity index (χ1v) is 4.82. The van der Waals surface area contributed by atoms with E-state index >= 15 is 0 Å². The number of aryl methyl sites for hydroxylation is 1. The normalized spacial score (nSPS) is 10.1. The summed E-state index contributed by atoms with van der Waals surface area (Å²) in [4.78, 5) is 11.9. The molecule has 0 aliphatic heterocycles. The van der Waals surface area contributed by atoms with Gasteiger partial charge in [-0.3, -0.25) is 9.48 Å². The van der Waals surface area contributed by atoms with E-state index in [4.69, 9.17) is 5.73 Å². The minimum Gasteiger partial charge on any atom is -0.398 e. The maximum atomic E-state index is 11.9. The van der Waals surface area contributed by atoms with Crippen LogP contribution in [0.15, 0.2) is 36.5 Å². The molecule has 1 aromatic heterocycles. The average molecular weight is 216 g/mol. The van der Waals surface area contributed by atoms with Crippen LogP contribution in [-0.4, -0.2) is 15.7 Å². The highest BCUT2D eigenvalue weighted by atomic mass is 16.1. The summed E-state index contributed by atoms with van der Waals surface area (Å²) in [6.45, 7) is 0. The molecule has 2 rings (SSSR count). The lowest BCUT2D eigenvalue weighted by Gasteiger charge is -2.06. The highest BCUT2D eigenvalue weighted by molar-refractivity contribution is 6.07. The van der Waals surface area contributed by atoms with Crippen molar-refractivity contribution in [3.8, 4) is 0 Å². The van der Waals surface area contributed by atoms with Gasteiger partial charge in [-0.1, -0.05) is 12.1 Å². The van der Waals surface area contributed by atoms with Gasteiger partial charge in [0.05, 0.1) is 11.8 Å². The zero-order valence-corrected chi connectivity index (χ0v) is 8.84. The van der Waals surface area contributed by atoms with Gasteiger partial charge in [0, 0.05) is 18.8 Å². The minimum atomic E-state index is -0.235. The molecule has 0 saturated heterocycles. The van der Waals surface area contributed by atoms with Crippen molar-refractivity contribution in [1.82, 2.24) is 9.78 Å². The molecule has 0 saturated carbocycles. The lowest BCUT2D eigenvalue weighted by molar-refractivity contribution is 0.102. The van der Waals surface area contributed by atoms with E-state index in [1.807, 2.05) is 0 Å². The summed E-state index contributed by atoms with van der Waals surface area (Å²) in [7, 11) is 1.75. The molecule has 2 aromatic rings. The molecule has 5 nitrogen and oxygen atoms in total. The number of rotatable bonds is 2. The lowest BCUT2D eigenvalue weighted by Crippen LogP contribution is -2.16. The van der Waals surface area contributed by atoms with Gasteiger partial charge >= 0.3 is 0 Å². The fourth-order valence-electron chi connectivity index (χ4n) is 1.38. The largest absolute Gasteiger partial charge is 0.398 e. The average Bonchev–Trinajstić information content (AvgIpc) is 2.65. The Morgan fingerprint density at radius 2 is 2.12 bits per heavy atom. The summed E-state index contributed by atoms with van der Waals surface area (Å²) in [6.07, 6.45) is 1.62.